The highest BCUT2D eigenvalue weighted by molar-refractivity contribution is 7.92. The Labute approximate surface area is 167 Å². The third kappa shape index (κ3) is 3.88. The number of carbonyl (C=O) groups excluding carboxylic acids is 1. The van der Waals surface area contributed by atoms with Gasteiger partial charge in [-0.25, -0.2) is 13.2 Å². The lowest BCUT2D eigenvalue weighted by Gasteiger charge is -2.25. The van der Waals surface area contributed by atoms with E-state index in [2.05, 4.69) is 5.16 Å². The van der Waals surface area contributed by atoms with Crippen molar-refractivity contribution >= 4 is 33.3 Å². The van der Waals surface area contributed by atoms with E-state index in [4.69, 9.17) is 20.9 Å². The van der Waals surface area contributed by atoms with Gasteiger partial charge < -0.3 is 9.26 Å². The first kappa shape index (κ1) is 19.9. The Morgan fingerprint density at radius 2 is 1.86 bits per heavy atom. The van der Waals surface area contributed by atoms with E-state index in [9.17, 15) is 13.2 Å². The third-order valence-electron chi connectivity index (χ3n) is 3.96. The molecule has 1 heterocycles. The smallest absolute Gasteiger partial charge is 0.339 e. The van der Waals surface area contributed by atoms with Crippen LogP contribution in [-0.2, 0) is 21.3 Å². The second-order valence-corrected chi connectivity index (χ2v) is 8.12. The van der Waals surface area contributed by atoms with Crippen LogP contribution in [0, 0.1) is 6.92 Å². The highest BCUT2D eigenvalue weighted by atomic mass is 35.5. The molecule has 2 aromatic carbocycles. The molecule has 0 atom stereocenters. The molecule has 1 aromatic heterocycles. The zero-order valence-electron chi connectivity index (χ0n) is 15.1. The molecule has 0 saturated carbocycles. The van der Waals surface area contributed by atoms with E-state index in [0.717, 1.165) is 4.31 Å². The van der Waals surface area contributed by atoms with Gasteiger partial charge in [0, 0.05) is 6.07 Å². The average Bonchev–Trinajstić information content (AvgIpc) is 3.11. The van der Waals surface area contributed by atoms with Gasteiger partial charge >= 0.3 is 5.97 Å². The maximum Gasteiger partial charge on any atom is 0.339 e. The molecule has 3 rings (SSSR count). The summed E-state index contributed by atoms with van der Waals surface area (Å²) in [5.74, 6) is -0.211. The third-order valence-corrected chi connectivity index (χ3v) is 6.10. The summed E-state index contributed by atoms with van der Waals surface area (Å²) >= 11 is 6.27. The molecule has 9 heteroatoms. The van der Waals surface area contributed by atoms with Crippen LogP contribution < -0.4 is 4.31 Å². The zero-order chi connectivity index (χ0) is 20.3. The van der Waals surface area contributed by atoms with Crippen LogP contribution in [0.1, 0.15) is 21.8 Å². The van der Waals surface area contributed by atoms with Crippen molar-refractivity contribution in [3.8, 4) is 0 Å². The fraction of sp³-hybridized carbons (Fsp3) is 0.158. The molecule has 0 aliphatic carbocycles. The monoisotopic (exact) mass is 420 g/mol. The summed E-state index contributed by atoms with van der Waals surface area (Å²) in [5.41, 5.74) is 0.583. The van der Waals surface area contributed by atoms with Crippen molar-refractivity contribution in [1.82, 2.24) is 5.16 Å². The minimum Gasteiger partial charge on any atom is -0.465 e. The summed E-state index contributed by atoms with van der Waals surface area (Å²) < 4.78 is 37.9. The van der Waals surface area contributed by atoms with Crippen LogP contribution in [0.15, 0.2) is 64.0 Å². The Morgan fingerprint density at radius 3 is 2.50 bits per heavy atom. The first-order valence-electron chi connectivity index (χ1n) is 8.21. The molecule has 0 amide bonds. The number of aryl methyl sites for hydroxylation is 1. The lowest BCUT2D eigenvalue weighted by molar-refractivity contribution is 0.0596. The summed E-state index contributed by atoms with van der Waals surface area (Å²) in [6.45, 7) is 1.58. The molecule has 0 bridgehead atoms. The molecule has 0 aliphatic heterocycles. The minimum atomic E-state index is -4.18. The van der Waals surface area contributed by atoms with Crippen LogP contribution in [0.25, 0.3) is 0 Å². The van der Waals surface area contributed by atoms with Crippen LogP contribution in [0.4, 0.5) is 5.69 Å². The molecule has 0 saturated heterocycles. The molecule has 0 N–H and O–H groups in total. The normalized spacial score (nSPS) is 11.2. The standard InChI is InChI=1S/C19H17ClN2O5S/c1-13-11-14(21-27-13)12-22(17-9-5-4-8-16(17)20)28(24,25)18-10-6-3-7-15(18)19(23)26-2/h3-11H,12H2,1-2H3. The van der Waals surface area contributed by atoms with E-state index < -0.39 is 16.0 Å². The second kappa shape index (κ2) is 8.04. The second-order valence-electron chi connectivity index (χ2n) is 5.88. The Kier molecular flexibility index (Phi) is 5.71. The van der Waals surface area contributed by atoms with Crippen molar-refractivity contribution in [2.45, 2.75) is 18.4 Å². The van der Waals surface area contributed by atoms with Crippen molar-refractivity contribution in [3.63, 3.8) is 0 Å². The molecule has 3 aromatic rings. The van der Waals surface area contributed by atoms with E-state index in [-0.39, 0.29) is 27.7 Å². The number of para-hydroxylation sites is 1. The van der Waals surface area contributed by atoms with Gasteiger partial charge in [-0.1, -0.05) is 41.0 Å². The molecule has 0 radical (unpaired) electrons. The fourth-order valence-corrected chi connectivity index (χ4v) is 4.61. The molecule has 0 aliphatic rings. The highest BCUT2D eigenvalue weighted by Crippen LogP contribution is 2.33. The van der Waals surface area contributed by atoms with Gasteiger partial charge in [-0.2, -0.15) is 0 Å². The Hall–Kier alpha value is -2.84. The van der Waals surface area contributed by atoms with Crippen LogP contribution in [0.3, 0.4) is 0 Å². The number of benzene rings is 2. The quantitative estimate of drug-likeness (QED) is 0.563. The van der Waals surface area contributed by atoms with E-state index in [1.54, 1.807) is 43.3 Å². The van der Waals surface area contributed by atoms with Crippen LogP contribution in [0.5, 0.6) is 0 Å². The number of anilines is 1. The Bertz CT molecular complexity index is 1110. The molecule has 7 nitrogen and oxygen atoms in total. The fourth-order valence-electron chi connectivity index (χ4n) is 2.68. The summed E-state index contributed by atoms with van der Waals surface area (Å²) in [5, 5.41) is 4.11. The number of nitrogens with zero attached hydrogens (tertiary/aromatic N) is 2. The predicted octanol–water partition coefficient (Wildman–Crippen LogP) is 3.82. The molecule has 0 unspecified atom stereocenters. The van der Waals surface area contributed by atoms with Crippen molar-refractivity contribution in [1.29, 1.82) is 0 Å². The number of rotatable bonds is 6. The van der Waals surface area contributed by atoms with Gasteiger partial charge in [-0.15, -0.1) is 0 Å². The van der Waals surface area contributed by atoms with E-state index in [0.29, 0.717) is 11.5 Å². The topological polar surface area (TPSA) is 89.7 Å². The number of hydrogen-bond acceptors (Lipinski definition) is 6. The van der Waals surface area contributed by atoms with Crippen LogP contribution in [-0.4, -0.2) is 26.7 Å². The molecule has 146 valence electrons. The van der Waals surface area contributed by atoms with Crippen molar-refractivity contribution in [3.05, 3.63) is 76.6 Å². The lowest BCUT2D eigenvalue weighted by Crippen LogP contribution is -2.32. The van der Waals surface area contributed by atoms with Crippen LogP contribution in [0.2, 0.25) is 5.02 Å². The number of aromatic nitrogens is 1. The van der Waals surface area contributed by atoms with Gasteiger partial charge in [0.2, 0.25) is 0 Å². The number of esters is 1. The summed E-state index contributed by atoms with van der Waals surface area (Å²) in [6, 6.07) is 14.0. The number of methoxy groups -OCH3 is 1. The molecule has 0 fully saturated rings. The number of carbonyl (C=O) groups is 1. The Balaban J connectivity index is 2.17. The summed E-state index contributed by atoms with van der Waals surface area (Å²) in [4.78, 5) is 11.9. The first-order valence-corrected chi connectivity index (χ1v) is 10.0. The van der Waals surface area contributed by atoms with E-state index >= 15 is 0 Å². The van der Waals surface area contributed by atoms with Crippen LogP contribution >= 0.6 is 11.6 Å². The van der Waals surface area contributed by atoms with E-state index in [1.165, 1.54) is 25.3 Å². The van der Waals surface area contributed by atoms with Gasteiger partial charge in [0.15, 0.2) is 0 Å². The van der Waals surface area contributed by atoms with Crippen molar-refractivity contribution in [2.75, 3.05) is 11.4 Å². The average molecular weight is 421 g/mol. The first-order chi connectivity index (χ1) is 13.3. The largest absolute Gasteiger partial charge is 0.465 e. The lowest BCUT2D eigenvalue weighted by atomic mass is 10.2. The van der Waals surface area contributed by atoms with Gasteiger partial charge in [0.25, 0.3) is 10.0 Å². The summed E-state index contributed by atoms with van der Waals surface area (Å²) in [6.07, 6.45) is 0. The van der Waals surface area contributed by atoms with Crippen molar-refractivity contribution in [2.24, 2.45) is 0 Å². The van der Waals surface area contributed by atoms with E-state index in [1.807, 2.05) is 0 Å². The number of hydrogen-bond donors (Lipinski definition) is 0. The zero-order valence-corrected chi connectivity index (χ0v) is 16.7. The Morgan fingerprint density at radius 1 is 1.18 bits per heavy atom. The SMILES string of the molecule is COC(=O)c1ccccc1S(=O)(=O)N(Cc1cc(C)on1)c1ccccc1Cl. The van der Waals surface area contributed by atoms with Gasteiger partial charge in [-0.05, 0) is 31.2 Å². The maximum absolute atomic E-state index is 13.5. The molecular weight excluding hydrogens is 404 g/mol. The highest BCUT2D eigenvalue weighted by Gasteiger charge is 2.31. The summed E-state index contributed by atoms with van der Waals surface area (Å²) in [7, 11) is -2.99. The van der Waals surface area contributed by atoms with Gasteiger partial charge in [-0.3, -0.25) is 4.31 Å². The maximum atomic E-state index is 13.5. The molecule has 28 heavy (non-hydrogen) atoms. The number of sulfonamides is 1. The minimum absolute atomic E-state index is 0.0709. The molecule has 0 spiro atoms. The number of halogens is 1. The predicted molar refractivity (Wildman–Crippen MR) is 104 cm³/mol. The number of ether oxygens (including phenoxy) is 1. The molecular formula is C19H17ClN2O5S. The van der Waals surface area contributed by atoms with Gasteiger partial charge in [0.05, 0.1) is 29.9 Å². The van der Waals surface area contributed by atoms with Gasteiger partial charge in [0.1, 0.15) is 16.3 Å². The van der Waals surface area contributed by atoms with Crippen molar-refractivity contribution < 1.29 is 22.5 Å².